The van der Waals surface area contributed by atoms with Crippen molar-refractivity contribution in [3.05, 3.63) is 35.5 Å². The molecule has 26 heavy (non-hydrogen) atoms. The number of aromatic nitrogens is 2. The van der Waals surface area contributed by atoms with Crippen LogP contribution in [-0.2, 0) is 10.3 Å². The molecule has 2 aromatic rings. The molecule has 0 spiro atoms. The van der Waals surface area contributed by atoms with E-state index in [-0.39, 0.29) is 24.3 Å². The molecule has 3 rings (SSSR count). The summed E-state index contributed by atoms with van der Waals surface area (Å²) in [6.07, 6.45) is 0. The molecule has 0 saturated heterocycles. The number of ketones is 1. The summed E-state index contributed by atoms with van der Waals surface area (Å²) in [6, 6.07) is 5.62. The van der Waals surface area contributed by atoms with Crippen LogP contribution in [0, 0.1) is 5.92 Å². The molecular weight excluding hydrogens is 338 g/mol. The van der Waals surface area contributed by atoms with Gasteiger partial charge >= 0.3 is 0 Å². The first-order valence-electron chi connectivity index (χ1n) is 8.24. The van der Waals surface area contributed by atoms with Gasteiger partial charge in [-0.1, -0.05) is 25.1 Å². The van der Waals surface area contributed by atoms with Gasteiger partial charge in [0.05, 0.1) is 5.41 Å². The minimum Gasteiger partial charge on any atom is -0.454 e. The van der Waals surface area contributed by atoms with Gasteiger partial charge in [0, 0.05) is 5.92 Å². The molecule has 1 aliphatic heterocycles. The van der Waals surface area contributed by atoms with Gasteiger partial charge in [0.2, 0.25) is 12.7 Å². The number of rotatable bonds is 6. The lowest BCUT2D eigenvalue weighted by Crippen LogP contribution is -2.21. The van der Waals surface area contributed by atoms with E-state index in [9.17, 15) is 4.79 Å². The Morgan fingerprint density at radius 3 is 2.65 bits per heavy atom. The summed E-state index contributed by atoms with van der Waals surface area (Å²) in [5, 5.41) is 11.8. The average molecular weight is 359 g/mol. The number of hydrogen-bond donors (Lipinski definition) is 0. The lowest BCUT2D eigenvalue weighted by molar-refractivity contribution is 0.101. The Kier molecular flexibility index (Phi) is 4.67. The second kappa shape index (κ2) is 6.78. The van der Waals surface area contributed by atoms with E-state index in [1.165, 1.54) is 7.11 Å². The molecule has 0 unspecified atom stereocenters. The van der Waals surface area contributed by atoms with Crippen LogP contribution in [0.5, 0.6) is 11.5 Å². The number of Topliss-reactive ketones (excluding diaryl/α,β-unsaturated/α-hetero) is 1. The third-order valence-corrected chi connectivity index (χ3v) is 4.22. The van der Waals surface area contributed by atoms with Crippen molar-refractivity contribution < 1.29 is 23.5 Å². The zero-order valence-corrected chi connectivity index (χ0v) is 15.4. The fourth-order valence-corrected chi connectivity index (χ4v) is 2.59. The molecule has 1 aliphatic rings. The van der Waals surface area contributed by atoms with Gasteiger partial charge in [0.15, 0.2) is 11.5 Å². The van der Waals surface area contributed by atoms with E-state index >= 15 is 0 Å². The van der Waals surface area contributed by atoms with E-state index in [0.717, 1.165) is 5.56 Å². The van der Waals surface area contributed by atoms with Gasteiger partial charge in [-0.2, -0.15) is 0 Å². The minimum atomic E-state index is -0.622. The molecule has 0 aliphatic carbocycles. The topological polar surface area (TPSA) is 96.0 Å². The fraction of sp³-hybridized carbons (Fsp3) is 0.444. The van der Waals surface area contributed by atoms with Crippen molar-refractivity contribution in [2.24, 2.45) is 11.1 Å². The van der Waals surface area contributed by atoms with Crippen LogP contribution in [0.15, 0.2) is 27.8 Å². The number of fused-ring (bicyclic) bond motifs is 1. The van der Waals surface area contributed by atoms with Gasteiger partial charge in [0.25, 0.3) is 11.7 Å². The number of benzene rings is 1. The number of nitrogens with zero attached hydrogens (tertiary/aromatic N) is 3. The third kappa shape index (κ3) is 3.14. The van der Waals surface area contributed by atoms with Crippen molar-refractivity contribution in [3.8, 4) is 11.5 Å². The van der Waals surface area contributed by atoms with Crippen molar-refractivity contribution in [3.63, 3.8) is 0 Å². The maximum Gasteiger partial charge on any atom is 0.290 e. The molecular formula is C18H21N3O5. The van der Waals surface area contributed by atoms with Crippen molar-refractivity contribution >= 4 is 11.5 Å². The summed E-state index contributed by atoms with van der Waals surface area (Å²) in [7, 11) is 1.39. The molecule has 0 fully saturated rings. The third-order valence-electron chi connectivity index (χ3n) is 4.22. The summed E-state index contributed by atoms with van der Waals surface area (Å²) in [4.78, 5) is 17.3. The highest BCUT2D eigenvalue weighted by Crippen LogP contribution is 2.38. The van der Waals surface area contributed by atoms with Crippen LogP contribution in [0.2, 0.25) is 0 Å². The Bertz CT molecular complexity index is 854. The molecule has 0 amide bonds. The zero-order chi connectivity index (χ0) is 18.9. The van der Waals surface area contributed by atoms with Crippen LogP contribution >= 0.6 is 0 Å². The second-order valence-electron chi connectivity index (χ2n) is 6.75. The normalized spacial score (nSPS) is 14.0. The molecule has 0 atom stereocenters. The van der Waals surface area contributed by atoms with Gasteiger partial charge in [-0.3, -0.25) is 4.79 Å². The quantitative estimate of drug-likeness (QED) is 0.444. The van der Waals surface area contributed by atoms with Crippen molar-refractivity contribution in [1.82, 2.24) is 10.2 Å². The maximum absolute atomic E-state index is 12.6. The predicted molar refractivity (Wildman–Crippen MR) is 92.6 cm³/mol. The highest BCUT2D eigenvalue weighted by Gasteiger charge is 2.33. The van der Waals surface area contributed by atoms with Gasteiger partial charge in [-0.15, -0.1) is 10.2 Å². The van der Waals surface area contributed by atoms with E-state index in [1.807, 2.05) is 45.9 Å². The minimum absolute atomic E-state index is 0.113. The first-order chi connectivity index (χ1) is 12.3. The molecule has 138 valence electrons. The lowest BCUT2D eigenvalue weighted by Gasteiger charge is -2.20. The first-order valence-corrected chi connectivity index (χ1v) is 8.24. The van der Waals surface area contributed by atoms with Crippen LogP contribution in [0.1, 0.15) is 49.8 Å². The van der Waals surface area contributed by atoms with E-state index in [2.05, 4.69) is 15.4 Å². The average Bonchev–Trinajstić information content (AvgIpc) is 3.27. The smallest absolute Gasteiger partial charge is 0.290 e. The van der Waals surface area contributed by atoms with E-state index in [1.54, 1.807) is 0 Å². The highest BCUT2D eigenvalue weighted by atomic mass is 16.7. The lowest BCUT2D eigenvalue weighted by atomic mass is 9.84. The largest absolute Gasteiger partial charge is 0.454 e. The Morgan fingerprint density at radius 1 is 1.23 bits per heavy atom. The van der Waals surface area contributed by atoms with Crippen molar-refractivity contribution in [2.75, 3.05) is 13.9 Å². The second-order valence-corrected chi connectivity index (χ2v) is 6.75. The van der Waals surface area contributed by atoms with Gasteiger partial charge in [-0.25, -0.2) is 0 Å². The molecule has 0 radical (unpaired) electrons. The first kappa shape index (κ1) is 17.9. The Hall–Kier alpha value is -2.90. The summed E-state index contributed by atoms with van der Waals surface area (Å²) in [5.41, 5.74) is 0.505. The molecule has 0 N–H and O–H groups in total. The van der Waals surface area contributed by atoms with Gasteiger partial charge in [0.1, 0.15) is 12.8 Å². The van der Waals surface area contributed by atoms with Gasteiger partial charge < -0.3 is 18.7 Å². The van der Waals surface area contributed by atoms with Crippen LogP contribution in [-0.4, -0.2) is 35.6 Å². The number of carbonyl (C=O) groups is 1. The Morgan fingerprint density at radius 2 is 1.96 bits per heavy atom. The standard InChI is InChI=1S/C18H21N3O5/c1-10(2)14(21-23-5)15(22)16-19-20-17(26-16)18(3,4)11-6-7-12-13(8-11)25-9-24-12/h6-8,10H,9H2,1-5H3. The van der Waals surface area contributed by atoms with Crippen molar-refractivity contribution in [1.29, 1.82) is 0 Å². The summed E-state index contributed by atoms with van der Waals surface area (Å²) >= 11 is 0. The van der Waals surface area contributed by atoms with Gasteiger partial charge in [-0.05, 0) is 31.5 Å². The van der Waals surface area contributed by atoms with Crippen LogP contribution in [0.25, 0.3) is 0 Å². The van der Waals surface area contributed by atoms with Crippen LogP contribution in [0.3, 0.4) is 0 Å². The molecule has 8 heteroatoms. The summed E-state index contributed by atoms with van der Waals surface area (Å²) < 4.78 is 16.4. The maximum atomic E-state index is 12.6. The number of ether oxygens (including phenoxy) is 2. The molecule has 1 aromatic heterocycles. The molecule has 0 saturated carbocycles. The van der Waals surface area contributed by atoms with Crippen molar-refractivity contribution in [2.45, 2.75) is 33.1 Å². The van der Waals surface area contributed by atoms with E-state index < -0.39 is 11.2 Å². The highest BCUT2D eigenvalue weighted by molar-refractivity contribution is 6.45. The molecule has 8 nitrogen and oxygen atoms in total. The zero-order valence-electron chi connectivity index (χ0n) is 15.4. The number of hydrogen-bond acceptors (Lipinski definition) is 8. The predicted octanol–water partition coefficient (Wildman–Crippen LogP) is 2.97. The fourth-order valence-electron chi connectivity index (χ4n) is 2.59. The molecule has 1 aromatic carbocycles. The SMILES string of the molecule is CON=C(C(=O)c1nnc(C(C)(C)c2ccc3c(c2)OCO3)o1)C(C)C. The van der Waals surface area contributed by atoms with Crippen LogP contribution < -0.4 is 9.47 Å². The Labute approximate surface area is 151 Å². The molecule has 0 bridgehead atoms. The summed E-state index contributed by atoms with van der Waals surface area (Å²) in [5.74, 6) is 0.990. The van der Waals surface area contributed by atoms with E-state index in [0.29, 0.717) is 17.4 Å². The number of oxime groups is 1. The Balaban J connectivity index is 1.91. The van der Waals surface area contributed by atoms with Crippen LogP contribution in [0.4, 0.5) is 0 Å². The monoisotopic (exact) mass is 359 g/mol. The molecule has 2 heterocycles. The number of carbonyl (C=O) groups excluding carboxylic acids is 1. The summed E-state index contributed by atoms with van der Waals surface area (Å²) in [6.45, 7) is 7.74. The van der Waals surface area contributed by atoms with E-state index in [4.69, 9.17) is 18.7 Å².